The van der Waals surface area contributed by atoms with Crippen molar-refractivity contribution in [2.75, 3.05) is 4.90 Å². The minimum absolute atomic E-state index is 0.0101. The number of thiazole rings is 1. The van der Waals surface area contributed by atoms with Crippen molar-refractivity contribution in [2.45, 2.75) is 26.3 Å². The van der Waals surface area contributed by atoms with Gasteiger partial charge in [-0.3, -0.25) is 14.5 Å². The number of benzene rings is 2. The Morgan fingerprint density at radius 3 is 2.62 bits per heavy atom. The second kappa shape index (κ2) is 7.76. The first-order valence-electron chi connectivity index (χ1n) is 10.3. The smallest absolute Gasteiger partial charge is 0.296 e. The van der Waals surface area contributed by atoms with Crippen LogP contribution in [0.3, 0.4) is 0 Å². The van der Waals surface area contributed by atoms with E-state index >= 15 is 0 Å². The predicted octanol–water partition coefficient (Wildman–Crippen LogP) is 5.54. The molecule has 6 nitrogen and oxygen atoms in total. The molecular formula is C25H20N2O4S. The minimum atomic E-state index is -0.812. The summed E-state index contributed by atoms with van der Waals surface area (Å²) in [5, 5.41) is 11.2. The average Bonchev–Trinajstić information content (AvgIpc) is 3.49. The number of hydrogen-bond donors (Lipinski definition) is 1. The van der Waals surface area contributed by atoms with Crippen molar-refractivity contribution in [3.8, 4) is 0 Å². The highest BCUT2D eigenvalue weighted by Crippen LogP contribution is 2.44. The van der Waals surface area contributed by atoms with E-state index in [-0.39, 0.29) is 11.3 Å². The van der Waals surface area contributed by atoms with E-state index in [0.717, 1.165) is 16.6 Å². The zero-order valence-corrected chi connectivity index (χ0v) is 18.3. The van der Waals surface area contributed by atoms with Crippen LogP contribution in [0.4, 0.5) is 5.13 Å². The molecule has 4 aromatic rings. The molecule has 5 rings (SSSR count). The molecule has 1 aliphatic heterocycles. The van der Waals surface area contributed by atoms with Gasteiger partial charge < -0.3 is 9.52 Å². The minimum Gasteiger partial charge on any atom is -0.503 e. The quantitative estimate of drug-likeness (QED) is 0.409. The molecule has 2 aromatic carbocycles. The van der Waals surface area contributed by atoms with Crippen LogP contribution < -0.4 is 4.90 Å². The highest BCUT2D eigenvalue weighted by molar-refractivity contribution is 7.22. The number of nitrogens with zero attached hydrogens (tertiary/aromatic N) is 2. The molecule has 0 bridgehead atoms. The molecule has 2 aromatic heterocycles. The summed E-state index contributed by atoms with van der Waals surface area (Å²) >= 11 is 1.36. The number of fused-ring (bicyclic) bond motifs is 1. The molecule has 0 saturated carbocycles. The van der Waals surface area contributed by atoms with Crippen LogP contribution in [-0.2, 0) is 11.2 Å². The van der Waals surface area contributed by atoms with Gasteiger partial charge in [0.15, 0.2) is 16.7 Å². The van der Waals surface area contributed by atoms with E-state index in [9.17, 15) is 14.7 Å². The fourth-order valence-corrected chi connectivity index (χ4v) is 5.01. The first kappa shape index (κ1) is 20.2. The molecule has 1 amide bonds. The summed E-state index contributed by atoms with van der Waals surface area (Å²) in [4.78, 5) is 32.6. The third-order valence-electron chi connectivity index (χ3n) is 5.59. The summed E-state index contributed by atoms with van der Waals surface area (Å²) in [5.74, 6) is -1.10. The van der Waals surface area contributed by atoms with Gasteiger partial charge in [0.2, 0.25) is 5.78 Å². The van der Waals surface area contributed by atoms with Crippen LogP contribution in [0.2, 0.25) is 0 Å². The lowest BCUT2D eigenvalue weighted by Gasteiger charge is -2.24. The molecule has 0 spiro atoms. The van der Waals surface area contributed by atoms with Gasteiger partial charge in [0.1, 0.15) is 5.76 Å². The second-order valence-electron chi connectivity index (χ2n) is 7.64. The number of rotatable bonds is 5. The van der Waals surface area contributed by atoms with Crippen LogP contribution in [0, 0.1) is 6.92 Å². The van der Waals surface area contributed by atoms with Gasteiger partial charge in [-0.25, -0.2) is 4.98 Å². The summed E-state index contributed by atoms with van der Waals surface area (Å²) in [7, 11) is 0. The van der Waals surface area contributed by atoms with E-state index < -0.39 is 23.5 Å². The summed E-state index contributed by atoms with van der Waals surface area (Å²) in [6, 6.07) is 17.6. The molecule has 32 heavy (non-hydrogen) atoms. The van der Waals surface area contributed by atoms with Crippen molar-refractivity contribution < 1.29 is 19.1 Å². The molecule has 0 saturated heterocycles. The number of aliphatic hydroxyl groups is 1. The van der Waals surface area contributed by atoms with E-state index in [4.69, 9.17) is 4.42 Å². The maximum absolute atomic E-state index is 13.3. The Labute approximate surface area is 188 Å². The van der Waals surface area contributed by atoms with Gasteiger partial charge in [-0.1, -0.05) is 54.7 Å². The normalized spacial score (nSPS) is 16.4. The third kappa shape index (κ3) is 3.22. The Balaban J connectivity index is 1.66. The summed E-state index contributed by atoms with van der Waals surface area (Å²) in [6.45, 7) is 3.81. The zero-order chi connectivity index (χ0) is 22.4. The molecule has 1 N–H and O–H groups in total. The lowest BCUT2D eigenvalue weighted by atomic mass is 9.95. The van der Waals surface area contributed by atoms with E-state index in [1.54, 1.807) is 19.1 Å². The SMILES string of the molecule is CCc1ccc2nc(N3C(=O)C(O)=C(C(=O)c4ccc(C)o4)C3c3ccccc3)sc2c1. The van der Waals surface area contributed by atoms with Crippen LogP contribution >= 0.6 is 11.3 Å². The molecule has 1 unspecified atom stereocenters. The first-order valence-corrected chi connectivity index (χ1v) is 11.1. The predicted molar refractivity (Wildman–Crippen MR) is 123 cm³/mol. The largest absolute Gasteiger partial charge is 0.503 e. The van der Waals surface area contributed by atoms with Crippen LogP contribution in [0.5, 0.6) is 0 Å². The maximum atomic E-state index is 13.3. The zero-order valence-electron chi connectivity index (χ0n) is 17.5. The van der Waals surface area contributed by atoms with Crippen molar-refractivity contribution in [3.63, 3.8) is 0 Å². The fraction of sp³-hybridized carbons (Fsp3) is 0.160. The maximum Gasteiger partial charge on any atom is 0.296 e. The van der Waals surface area contributed by atoms with Crippen molar-refractivity contribution in [1.82, 2.24) is 4.98 Å². The number of aryl methyl sites for hydroxylation is 2. The summed E-state index contributed by atoms with van der Waals surface area (Å²) in [5.41, 5.74) is 2.63. The fourth-order valence-electron chi connectivity index (χ4n) is 3.95. The molecule has 0 aliphatic carbocycles. The first-order chi connectivity index (χ1) is 15.5. The Morgan fingerprint density at radius 1 is 1.16 bits per heavy atom. The molecule has 1 aliphatic rings. The highest BCUT2D eigenvalue weighted by atomic mass is 32.1. The van der Waals surface area contributed by atoms with Crippen molar-refractivity contribution in [3.05, 3.63) is 94.6 Å². The lowest BCUT2D eigenvalue weighted by Crippen LogP contribution is -2.30. The molecular weight excluding hydrogens is 424 g/mol. The van der Waals surface area contributed by atoms with Gasteiger partial charge in [0, 0.05) is 0 Å². The highest BCUT2D eigenvalue weighted by Gasteiger charge is 2.46. The number of anilines is 1. The molecule has 160 valence electrons. The second-order valence-corrected chi connectivity index (χ2v) is 8.65. The van der Waals surface area contributed by atoms with Crippen molar-refractivity contribution >= 4 is 38.4 Å². The topological polar surface area (TPSA) is 83.6 Å². The van der Waals surface area contributed by atoms with Crippen LogP contribution in [0.1, 0.15) is 40.4 Å². The molecule has 7 heteroatoms. The number of Topliss-reactive ketones (excluding diaryl/α,β-unsaturated/α-hetero) is 1. The van der Waals surface area contributed by atoms with Gasteiger partial charge in [0.05, 0.1) is 21.8 Å². The van der Waals surface area contributed by atoms with Gasteiger partial charge in [-0.2, -0.15) is 0 Å². The summed E-state index contributed by atoms with van der Waals surface area (Å²) < 4.78 is 6.45. The monoisotopic (exact) mass is 444 g/mol. The molecule has 0 fully saturated rings. The van der Waals surface area contributed by atoms with Crippen molar-refractivity contribution in [1.29, 1.82) is 0 Å². The number of furan rings is 1. The van der Waals surface area contributed by atoms with Crippen LogP contribution in [0.25, 0.3) is 10.2 Å². The van der Waals surface area contributed by atoms with Gasteiger partial charge in [-0.15, -0.1) is 0 Å². The van der Waals surface area contributed by atoms with E-state index in [1.165, 1.54) is 21.8 Å². The standard InChI is InChI=1S/C25H20N2O4S/c1-3-15-10-11-17-19(13-15)32-25(26-17)27-21(16-7-5-4-6-8-16)20(23(29)24(27)30)22(28)18-12-9-14(2)31-18/h4-13,21,29H,3H2,1-2H3. The molecule has 3 heterocycles. The van der Waals surface area contributed by atoms with Crippen molar-refractivity contribution in [2.24, 2.45) is 0 Å². The lowest BCUT2D eigenvalue weighted by molar-refractivity contribution is -0.117. The molecule has 0 radical (unpaired) electrons. The number of ketones is 1. The number of carbonyl (C=O) groups is 2. The average molecular weight is 445 g/mol. The Hall–Kier alpha value is -3.71. The molecule has 1 atom stereocenters. The van der Waals surface area contributed by atoms with E-state index in [2.05, 4.69) is 18.0 Å². The Bertz CT molecular complexity index is 1380. The number of aliphatic hydroxyl groups excluding tert-OH is 1. The van der Waals surface area contributed by atoms with Gasteiger partial charge >= 0.3 is 0 Å². The van der Waals surface area contributed by atoms with E-state index in [1.807, 2.05) is 42.5 Å². The van der Waals surface area contributed by atoms with Gasteiger partial charge in [0.25, 0.3) is 5.91 Å². The summed E-state index contributed by atoms with van der Waals surface area (Å²) in [6.07, 6.45) is 0.891. The number of aromatic nitrogens is 1. The van der Waals surface area contributed by atoms with E-state index in [0.29, 0.717) is 16.5 Å². The third-order valence-corrected chi connectivity index (χ3v) is 6.61. The Morgan fingerprint density at radius 2 is 1.94 bits per heavy atom. The van der Waals surface area contributed by atoms with Gasteiger partial charge in [-0.05, 0) is 48.7 Å². The number of amides is 1. The number of hydrogen-bond acceptors (Lipinski definition) is 6. The number of carbonyl (C=O) groups excluding carboxylic acids is 2. The van der Waals surface area contributed by atoms with Crippen LogP contribution in [0.15, 0.2) is 76.4 Å². The van der Waals surface area contributed by atoms with Crippen LogP contribution in [-0.4, -0.2) is 21.8 Å². The Kier molecular flexibility index (Phi) is 4.90.